The van der Waals surface area contributed by atoms with Crippen LogP contribution in [0.15, 0.2) is 12.3 Å². The fraction of sp³-hybridized carbons (Fsp3) is 0.750. The van der Waals surface area contributed by atoms with E-state index in [1.165, 1.54) is 10.9 Å². The molecule has 2 aliphatic heterocycles. The molecular weight excluding hydrogens is 412 g/mol. The number of amides is 1. The number of aromatic nitrogens is 2. The first-order valence-corrected chi connectivity index (χ1v) is 8.83. The summed E-state index contributed by atoms with van der Waals surface area (Å²) in [6.07, 6.45) is -11.0. The molecule has 29 heavy (non-hydrogen) atoms. The maximum atomic E-state index is 12.7. The molecule has 0 saturated carbocycles. The van der Waals surface area contributed by atoms with Gasteiger partial charge in [0.1, 0.15) is 0 Å². The molecule has 0 bridgehead atoms. The number of likely N-dealkylation sites (tertiary alicyclic amines) is 1. The van der Waals surface area contributed by atoms with Crippen LogP contribution in [0.3, 0.4) is 0 Å². The molecule has 2 atom stereocenters. The third-order valence-corrected chi connectivity index (χ3v) is 5.17. The van der Waals surface area contributed by atoms with Crippen molar-refractivity contribution in [3.8, 4) is 0 Å². The zero-order valence-corrected chi connectivity index (χ0v) is 15.0. The molecule has 1 aromatic rings. The summed E-state index contributed by atoms with van der Waals surface area (Å²) in [5.41, 5.74) is -1.69. The van der Waals surface area contributed by atoms with Gasteiger partial charge in [-0.3, -0.25) is 4.68 Å². The van der Waals surface area contributed by atoms with Gasteiger partial charge in [0.05, 0.1) is 24.9 Å². The van der Waals surface area contributed by atoms with Crippen LogP contribution < -0.4 is 0 Å². The molecule has 3 heterocycles. The number of rotatable bonds is 3. The van der Waals surface area contributed by atoms with Gasteiger partial charge in [0.25, 0.3) is 0 Å². The number of carbonyl (C=O) groups is 1. The Kier molecular flexibility index (Phi) is 5.73. The number of hydrogen-bond donors (Lipinski definition) is 1. The van der Waals surface area contributed by atoms with E-state index in [2.05, 4.69) is 9.84 Å². The number of piperidine rings is 1. The first-order valence-electron chi connectivity index (χ1n) is 8.83. The molecule has 7 nitrogen and oxygen atoms in total. The summed E-state index contributed by atoms with van der Waals surface area (Å²) >= 11 is 0. The lowest BCUT2D eigenvalue weighted by Crippen LogP contribution is -2.49. The van der Waals surface area contributed by atoms with Crippen LogP contribution >= 0.6 is 0 Å². The molecule has 2 fully saturated rings. The molecule has 1 spiro atoms. The number of hydrogen-bond acceptors (Lipinski definition) is 5. The van der Waals surface area contributed by atoms with Gasteiger partial charge >= 0.3 is 18.4 Å². The Morgan fingerprint density at radius 2 is 1.97 bits per heavy atom. The van der Waals surface area contributed by atoms with Crippen molar-refractivity contribution in [2.24, 2.45) is 0 Å². The van der Waals surface area contributed by atoms with E-state index in [0.29, 0.717) is 19.3 Å². The molecule has 0 radical (unpaired) electrons. The van der Waals surface area contributed by atoms with E-state index >= 15 is 0 Å². The van der Waals surface area contributed by atoms with Crippen molar-refractivity contribution >= 4 is 6.09 Å². The van der Waals surface area contributed by atoms with Crippen LogP contribution in [0.25, 0.3) is 0 Å². The Morgan fingerprint density at radius 1 is 1.31 bits per heavy atom. The number of aliphatic hydroxyl groups is 1. The van der Waals surface area contributed by atoms with Crippen molar-refractivity contribution in [3.63, 3.8) is 0 Å². The molecular formula is C16H19F6N3O4. The molecule has 1 unspecified atom stereocenters. The lowest BCUT2D eigenvalue weighted by atomic mass is 9.87. The second-order valence-corrected chi connectivity index (χ2v) is 7.11. The monoisotopic (exact) mass is 431 g/mol. The Bertz CT molecular complexity index is 727. The molecule has 1 N–H and O–H groups in total. The standard InChI is InChI=1S/C16H19F6N3O4/c17-15(18,19)11-1-4-25(23-11)10-7-14(28-9-10)2-5-24(6-3-14)13(27)29-12(8-26)16(20,21)22/h1,4,10,12,26H,2-3,5-9H2/t10?,12-/m1/s1. The minimum atomic E-state index is -4.87. The lowest BCUT2D eigenvalue weighted by molar-refractivity contribution is -0.215. The Balaban J connectivity index is 1.55. The second-order valence-electron chi connectivity index (χ2n) is 7.11. The van der Waals surface area contributed by atoms with Gasteiger partial charge in [0, 0.05) is 25.7 Å². The lowest BCUT2D eigenvalue weighted by Gasteiger charge is -2.38. The molecule has 13 heteroatoms. The Labute approximate surface area is 161 Å². The Hall–Kier alpha value is -2.02. The number of carbonyl (C=O) groups excluding carboxylic acids is 1. The number of nitrogens with zero attached hydrogens (tertiary/aromatic N) is 3. The van der Waals surface area contributed by atoms with E-state index in [1.54, 1.807) is 0 Å². The highest BCUT2D eigenvalue weighted by atomic mass is 19.4. The summed E-state index contributed by atoms with van der Waals surface area (Å²) in [6.45, 7) is -1.10. The predicted molar refractivity (Wildman–Crippen MR) is 83.8 cm³/mol. The number of ether oxygens (including phenoxy) is 2. The first kappa shape index (κ1) is 21.7. The molecule has 1 aromatic heterocycles. The number of alkyl halides is 6. The van der Waals surface area contributed by atoms with Crippen LogP contribution in [0.5, 0.6) is 0 Å². The van der Waals surface area contributed by atoms with Gasteiger partial charge in [-0.1, -0.05) is 0 Å². The molecule has 1 amide bonds. The zero-order chi connectivity index (χ0) is 21.4. The molecule has 164 valence electrons. The molecule has 0 aromatic carbocycles. The van der Waals surface area contributed by atoms with Gasteiger partial charge in [-0.05, 0) is 18.9 Å². The van der Waals surface area contributed by atoms with E-state index in [0.717, 1.165) is 11.0 Å². The fourth-order valence-corrected chi connectivity index (χ4v) is 3.53. The van der Waals surface area contributed by atoms with Gasteiger partial charge in [-0.25, -0.2) is 4.79 Å². The zero-order valence-electron chi connectivity index (χ0n) is 15.0. The molecule has 0 aliphatic carbocycles. The highest BCUT2D eigenvalue weighted by Gasteiger charge is 2.47. The largest absolute Gasteiger partial charge is 0.435 e. The highest BCUT2D eigenvalue weighted by molar-refractivity contribution is 5.68. The maximum absolute atomic E-state index is 12.7. The summed E-state index contributed by atoms with van der Waals surface area (Å²) < 4.78 is 87.3. The van der Waals surface area contributed by atoms with Crippen LogP contribution in [-0.4, -0.2) is 70.1 Å². The van der Waals surface area contributed by atoms with Crippen molar-refractivity contribution < 1.29 is 45.7 Å². The van der Waals surface area contributed by atoms with Crippen molar-refractivity contribution in [1.82, 2.24) is 14.7 Å². The normalized spacial score (nSPS) is 23.4. The van der Waals surface area contributed by atoms with Crippen LogP contribution in [0.2, 0.25) is 0 Å². The van der Waals surface area contributed by atoms with E-state index < -0.39 is 48.5 Å². The number of halogens is 6. The van der Waals surface area contributed by atoms with Crippen molar-refractivity contribution in [2.75, 3.05) is 26.3 Å². The van der Waals surface area contributed by atoms with Gasteiger partial charge in [-0.2, -0.15) is 31.4 Å². The number of aliphatic hydroxyl groups excluding tert-OH is 1. The van der Waals surface area contributed by atoms with Crippen molar-refractivity contribution in [2.45, 2.75) is 49.4 Å². The fourth-order valence-electron chi connectivity index (χ4n) is 3.53. The Morgan fingerprint density at radius 3 is 2.48 bits per heavy atom. The van der Waals surface area contributed by atoms with Crippen LogP contribution in [-0.2, 0) is 15.7 Å². The summed E-state index contributed by atoms with van der Waals surface area (Å²) in [5, 5.41) is 12.3. The maximum Gasteiger partial charge on any atom is 0.435 e. The minimum absolute atomic E-state index is 0.0640. The first-order chi connectivity index (χ1) is 13.4. The predicted octanol–water partition coefficient (Wildman–Crippen LogP) is 2.76. The SMILES string of the molecule is O=C(O[C@H](CO)C(F)(F)F)N1CCC2(CC1)CC(n1ccc(C(F)(F)F)n1)CO2. The van der Waals surface area contributed by atoms with Crippen molar-refractivity contribution in [3.05, 3.63) is 18.0 Å². The van der Waals surface area contributed by atoms with E-state index in [1.807, 2.05) is 0 Å². The molecule has 2 aliphatic rings. The summed E-state index contributed by atoms with van der Waals surface area (Å²) in [6, 6.07) is 0.468. The van der Waals surface area contributed by atoms with Crippen molar-refractivity contribution in [1.29, 1.82) is 0 Å². The molecule has 3 rings (SSSR count). The van der Waals surface area contributed by atoms with Gasteiger partial charge in [-0.15, -0.1) is 0 Å². The van der Waals surface area contributed by atoms with Crippen LogP contribution in [0.4, 0.5) is 31.1 Å². The van der Waals surface area contributed by atoms with Gasteiger partial charge in [0.2, 0.25) is 6.10 Å². The second kappa shape index (κ2) is 7.67. The van der Waals surface area contributed by atoms with E-state index in [9.17, 15) is 31.1 Å². The van der Waals surface area contributed by atoms with Crippen LogP contribution in [0.1, 0.15) is 31.0 Å². The average molecular weight is 431 g/mol. The minimum Gasteiger partial charge on any atom is -0.434 e. The smallest absolute Gasteiger partial charge is 0.434 e. The molecule has 2 saturated heterocycles. The highest BCUT2D eigenvalue weighted by Crippen LogP contribution is 2.41. The third-order valence-electron chi connectivity index (χ3n) is 5.17. The van der Waals surface area contributed by atoms with E-state index in [-0.39, 0.29) is 19.7 Å². The average Bonchev–Trinajstić information content (AvgIpc) is 3.26. The van der Waals surface area contributed by atoms with Gasteiger partial charge in [0.15, 0.2) is 5.69 Å². The topological polar surface area (TPSA) is 76.8 Å². The van der Waals surface area contributed by atoms with Gasteiger partial charge < -0.3 is 19.5 Å². The summed E-state index contributed by atoms with van der Waals surface area (Å²) in [4.78, 5) is 13.0. The summed E-state index contributed by atoms with van der Waals surface area (Å²) in [7, 11) is 0. The quantitative estimate of drug-likeness (QED) is 0.745. The van der Waals surface area contributed by atoms with E-state index in [4.69, 9.17) is 9.84 Å². The third kappa shape index (κ3) is 4.77. The summed E-state index contributed by atoms with van der Waals surface area (Å²) in [5.74, 6) is 0. The van der Waals surface area contributed by atoms with Crippen LogP contribution in [0, 0.1) is 0 Å².